The van der Waals surface area contributed by atoms with Crippen LogP contribution in [0.3, 0.4) is 0 Å². The van der Waals surface area contributed by atoms with Gasteiger partial charge in [0.2, 0.25) is 0 Å². The second-order valence-electron chi connectivity index (χ2n) is 6.03. The molecule has 2 N–H and O–H groups in total. The zero-order valence-corrected chi connectivity index (χ0v) is 14.2. The third-order valence-electron chi connectivity index (χ3n) is 4.34. The van der Waals surface area contributed by atoms with Crippen LogP contribution in [-0.4, -0.2) is 0 Å². The zero-order valence-electron chi connectivity index (χ0n) is 11.0. The molecule has 0 heterocycles. The van der Waals surface area contributed by atoms with Gasteiger partial charge < -0.3 is 5.73 Å². The molecule has 0 bridgehead atoms. The summed E-state index contributed by atoms with van der Waals surface area (Å²) in [5.74, 6) is 0.567. The summed E-state index contributed by atoms with van der Waals surface area (Å²) in [6.45, 7) is 4.73. The van der Waals surface area contributed by atoms with Crippen LogP contribution in [0.5, 0.6) is 0 Å². The molecular formula is C15H21Br2N. The van der Waals surface area contributed by atoms with Crippen LogP contribution >= 0.6 is 31.9 Å². The summed E-state index contributed by atoms with van der Waals surface area (Å²) in [5.41, 5.74) is 8.14. The molecule has 0 aromatic heterocycles. The van der Waals surface area contributed by atoms with Gasteiger partial charge in [-0.25, -0.2) is 0 Å². The smallest absolute Gasteiger partial charge is 0.0340 e. The quantitative estimate of drug-likeness (QED) is 0.733. The van der Waals surface area contributed by atoms with Crippen molar-refractivity contribution >= 4 is 31.9 Å². The molecule has 0 amide bonds. The van der Waals surface area contributed by atoms with E-state index >= 15 is 0 Å². The number of hydrogen-bond donors (Lipinski definition) is 1. The second-order valence-corrected chi connectivity index (χ2v) is 7.80. The normalized spacial score (nSPS) is 24.8. The van der Waals surface area contributed by atoms with Gasteiger partial charge in [-0.1, -0.05) is 58.5 Å². The van der Waals surface area contributed by atoms with E-state index in [0.717, 1.165) is 8.95 Å². The fourth-order valence-corrected chi connectivity index (χ4v) is 4.06. The molecule has 3 heteroatoms. The third kappa shape index (κ3) is 3.00. The van der Waals surface area contributed by atoms with Crippen LogP contribution in [0.15, 0.2) is 27.1 Å². The van der Waals surface area contributed by atoms with E-state index in [4.69, 9.17) is 5.73 Å². The lowest BCUT2D eigenvalue weighted by molar-refractivity contribution is 0.112. The lowest BCUT2D eigenvalue weighted by Gasteiger charge is -2.42. The first-order valence-corrected chi connectivity index (χ1v) is 8.21. The van der Waals surface area contributed by atoms with Crippen molar-refractivity contribution in [3.05, 3.63) is 32.7 Å². The van der Waals surface area contributed by atoms with Crippen molar-refractivity contribution in [3.63, 3.8) is 0 Å². The lowest BCUT2D eigenvalue weighted by atomic mass is 9.65. The predicted octanol–water partition coefficient (Wildman–Crippen LogP) is 5.43. The van der Waals surface area contributed by atoms with Gasteiger partial charge in [0.15, 0.2) is 0 Å². The summed E-state index contributed by atoms with van der Waals surface area (Å²) in [6, 6.07) is 6.40. The highest BCUT2D eigenvalue weighted by Gasteiger charge is 2.37. The van der Waals surface area contributed by atoms with E-state index in [0.29, 0.717) is 11.3 Å². The summed E-state index contributed by atoms with van der Waals surface area (Å²) in [5, 5.41) is 0. The molecular weight excluding hydrogens is 354 g/mol. The minimum absolute atomic E-state index is 0.118. The molecule has 18 heavy (non-hydrogen) atoms. The van der Waals surface area contributed by atoms with E-state index in [-0.39, 0.29) is 6.04 Å². The highest BCUT2D eigenvalue weighted by atomic mass is 79.9. The molecule has 0 aliphatic heterocycles. The first-order valence-electron chi connectivity index (χ1n) is 6.62. The van der Waals surface area contributed by atoms with Gasteiger partial charge in [0.1, 0.15) is 0 Å². The minimum Gasteiger partial charge on any atom is -0.324 e. The first kappa shape index (κ1) is 14.5. The summed E-state index contributed by atoms with van der Waals surface area (Å²) in [4.78, 5) is 0. The Kier molecular flexibility index (Phi) is 4.56. The number of halogens is 2. The highest BCUT2D eigenvalue weighted by Crippen LogP contribution is 2.47. The van der Waals surface area contributed by atoms with E-state index in [1.54, 1.807) is 0 Å². The van der Waals surface area contributed by atoms with Gasteiger partial charge in [-0.2, -0.15) is 0 Å². The van der Waals surface area contributed by atoms with Gasteiger partial charge in [-0.05, 0) is 47.9 Å². The molecule has 1 fully saturated rings. The van der Waals surface area contributed by atoms with Crippen LogP contribution in [0.25, 0.3) is 0 Å². The molecule has 1 aromatic carbocycles. The first-order chi connectivity index (χ1) is 8.42. The van der Waals surface area contributed by atoms with Crippen LogP contribution in [0.4, 0.5) is 0 Å². The fourth-order valence-electron chi connectivity index (χ4n) is 3.17. The minimum atomic E-state index is 0.118. The number of rotatable bonds is 2. The maximum absolute atomic E-state index is 6.56. The van der Waals surface area contributed by atoms with E-state index < -0.39 is 0 Å². The van der Waals surface area contributed by atoms with Gasteiger partial charge >= 0.3 is 0 Å². The molecule has 2 rings (SSSR count). The van der Waals surface area contributed by atoms with Gasteiger partial charge in [-0.3, -0.25) is 0 Å². The van der Waals surface area contributed by atoms with Crippen molar-refractivity contribution < 1.29 is 0 Å². The molecule has 2 unspecified atom stereocenters. The Balaban J connectivity index is 2.29. The average Bonchev–Trinajstić information content (AvgIpc) is 2.31. The number of benzene rings is 1. The van der Waals surface area contributed by atoms with Crippen LogP contribution in [0.2, 0.25) is 0 Å². The molecule has 0 spiro atoms. The average molecular weight is 375 g/mol. The summed E-state index contributed by atoms with van der Waals surface area (Å²) in [6.07, 6.45) is 5.19. The van der Waals surface area contributed by atoms with Crippen molar-refractivity contribution in [2.75, 3.05) is 0 Å². The molecule has 0 saturated heterocycles. The topological polar surface area (TPSA) is 26.0 Å². The molecule has 2 atom stereocenters. The van der Waals surface area contributed by atoms with E-state index in [9.17, 15) is 0 Å². The molecule has 1 aliphatic carbocycles. The van der Waals surface area contributed by atoms with Crippen molar-refractivity contribution in [1.29, 1.82) is 0 Å². The molecule has 1 nitrogen and oxygen atoms in total. The largest absolute Gasteiger partial charge is 0.324 e. The lowest BCUT2D eigenvalue weighted by Crippen LogP contribution is -2.36. The number of nitrogens with two attached hydrogens (primary N) is 1. The molecule has 1 aromatic rings. The molecule has 1 aliphatic rings. The number of hydrogen-bond acceptors (Lipinski definition) is 1. The van der Waals surface area contributed by atoms with E-state index in [1.807, 2.05) is 6.07 Å². The van der Waals surface area contributed by atoms with Crippen molar-refractivity contribution in [2.45, 2.75) is 45.6 Å². The van der Waals surface area contributed by atoms with Gasteiger partial charge in [-0.15, -0.1) is 0 Å². The van der Waals surface area contributed by atoms with Gasteiger partial charge in [0, 0.05) is 15.0 Å². The van der Waals surface area contributed by atoms with E-state index in [2.05, 4.69) is 57.8 Å². The van der Waals surface area contributed by atoms with Gasteiger partial charge in [0.05, 0.1) is 0 Å². The molecule has 1 saturated carbocycles. The molecule has 0 radical (unpaired) electrons. The Morgan fingerprint density at radius 1 is 1.28 bits per heavy atom. The predicted molar refractivity (Wildman–Crippen MR) is 84.5 cm³/mol. The fraction of sp³-hybridized carbons (Fsp3) is 0.600. The van der Waals surface area contributed by atoms with Gasteiger partial charge in [0.25, 0.3) is 0 Å². The second kappa shape index (κ2) is 5.64. The Labute approximate surface area is 127 Å². The zero-order chi connectivity index (χ0) is 13.3. The highest BCUT2D eigenvalue weighted by molar-refractivity contribution is 9.11. The van der Waals surface area contributed by atoms with Crippen molar-refractivity contribution in [3.8, 4) is 0 Å². The van der Waals surface area contributed by atoms with Crippen LogP contribution in [-0.2, 0) is 0 Å². The SMILES string of the molecule is CC1(C)CCCCC1C(N)c1cc(Br)ccc1Br. The van der Waals surface area contributed by atoms with Crippen molar-refractivity contribution in [1.82, 2.24) is 0 Å². The monoisotopic (exact) mass is 373 g/mol. The maximum atomic E-state index is 6.56. The van der Waals surface area contributed by atoms with Crippen LogP contribution < -0.4 is 5.73 Å². The summed E-state index contributed by atoms with van der Waals surface area (Å²) in [7, 11) is 0. The summed E-state index contributed by atoms with van der Waals surface area (Å²) < 4.78 is 2.23. The van der Waals surface area contributed by atoms with Crippen LogP contribution in [0, 0.1) is 11.3 Å². The summed E-state index contributed by atoms with van der Waals surface area (Å²) >= 11 is 7.18. The van der Waals surface area contributed by atoms with Crippen molar-refractivity contribution in [2.24, 2.45) is 17.1 Å². The standard InChI is InChI=1S/C15H21Br2N/c1-15(2)8-4-3-5-12(15)14(18)11-9-10(16)6-7-13(11)17/h6-7,9,12,14H,3-5,8,18H2,1-2H3. The maximum Gasteiger partial charge on any atom is 0.0340 e. The Morgan fingerprint density at radius 2 is 2.00 bits per heavy atom. The van der Waals surface area contributed by atoms with E-state index in [1.165, 1.54) is 31.2 Å². The van der Waals surface area contributed by atoms with Crippen LogP contribution in [0.1, 0.15) is 51.1 Å². The Morgan fingerprint density at radius 3 is 2.67 bits per heavy atom. The third-order valence-corrected chi connectivity index (χ3v) is 5.56. The Hall–Kier alpha value is 0.140. The molecule has 100 valence electrons. The Bertz CT molecular complexity index is 429.